The fourth-order valence-corrected chi connectivity index (χ4v) is 5.19. The summed E-state index contributed by atoms with van der Waals surface area (Å²) in [6.07, 6.45) is 2.90. The van der Waals surface area contributed by atoms with Crippen molar-refractivity contribution < 1.29 is 19.5 Å². The van der Waals surface area contributed by atoms with Crippen LogP contribution in [0.4, 0.5) is 5.69 Å². The summed E-state index contributed by atoms with van der Waals surface area (Å²) in [5.74, 6) is 4.70. The minimum Gasteiger partial charge on any atom is -0.507 e. The molecule has 3 amide bonds. The van der Waals surface area contributed by atoms with E-state index in [0.29, 0.717) is 27.4 Å². The molecule has 4 aromatic rings. The highest BCUT2D eigenvalue weighted by Crippen LogP contribution is 2.22. The molecule has 2 aromatic carbocycles. The number of aromatic hydroxyl groups is 1. The molecule has 0 spiro atoms. The summed E-state index contributed by atoms with van der Waals surface area (Å²) in [7, 11) is 1.99. The molecule has 0 aliphatic rings. The minimum atomic E-state index is -1.21. The second-order valence-corrected chi connectivity index (χ2v) is 10.2. The normalized spacial score (nSPS) is 11.3. The van der Waals surface area contributed by atoms with Crippen molar-refractivity contribution in [2.75, 3.05) is 18.1 Å². The lowest BCUT2D eigenvalue weighted by Crippen LogP contribution is -2.24. The number of benzene rings is 2. The first-order chi connectivity index (χ1) is 19.2. The van der Waals surface area contributed by atoms with Crippen molar-refractivity contribution in [3.05, 3.63) is 101 Å². The summed E-state index contributed by atoms with van der Waals surface area (Å²) in [5.41, 5.74) is 3.08. The van der Waals surface area contributed by atoms with E-state index in [1.54, 1.807) is 61.6 Å². The summed E-state index contributed by atoms with van der Waals surface area (Å²) >= 11 is 0. The highest BCUT2D eigenvalue weighted by Gasteiger charge is 2.15. The lowest BCUT2D eigenvalue weighted by molar-refractivity contribution is -0.118. The van der Waals surface area contributed by atoms with Gasteiger partial charge in [-0.25, -0.2) is 0 Å². The Balaban J connectivity index is 1.54. The molecule has 2 heterocycles. The fraction of sp³-hybridized carbons (Fsp3) is 0.138. The molecule has 0 fully saturated rings. The third kappa shape index (κ3) is 7.06. The van der Waals surface area contributed by atoms with Crippen molar-refractivity contribution in [2.45, 2.75) is 11.8 Å². The zero-order chi connectivity index (χ0) is 28.6. The molecular weight excluding hydrogens is 528 g/mol. The van der Waals surface area contributed by atoms with Crippen LogP contribution in [0.25, 0.3) is 0 Å². The molecule has 2 aromatic heterocycles. The molecule has 11 heteroatoms. The Morgan fingerprint density at radius 3 is 2.52 bits per heavy atom. The van der Waals surface area contributed by atoms with Gasteiger partial charge in [-0.2, -0.15) is 9.46 Å². The predicted octanol–water partition coefficient (Wildman–Crippen LogP) is 3.23. The van der Waals surface area contributed by atoms with E-state index >= 15 is 0 Å². The van der Waals surface area contributed by atoms with Crippen LogP contribution in [0.5, 0.6) is 5.75 Å². The highest BCUT2D eigenvalue weighted by atomic mass is 32.2. The largest absolute Gasteiger partial charge is 0.507 e. The zero-order valence-corrected chi connectivity index (χ0v) is 22.8. The quantitative estimate of drug-likeness (QED) is 0.313. The van der Waals surface area contributed by atoms with Crippen LogP contribution in [0.2, 0.25) is 0 Å². The molecule has 10 nitrogen and oxygen atoms in total. The van der Waals surface area contributed by atoms with Gasteiger partial charge in [-0.15, -0.1) is 0 Å². The van der Waals surface area contributed by atoms with Crippen LogP contribution in [-0.4, -0.2) is 50.4 Å². The maximum atomic E-state index is 13.0. The molecule has 40 heavy (non-hydrogen) atoms. The molecule has 0 radical (unpaired) electrons. The van der Waals surface area contributed by atoms with Gasteiger partial charge in [-0.3, -0.25) is 24.0 Å². The minimum absolute atomic E-state index is 0.0436. The van der Waals surface area contributed by atoms with Crippen molar-refractivity contribution in [2.24, 2.45) is 11.4 Å². The third-order valence-corrected chi connectivity index (χ3v) is 7.33. The van der Waals surface area contributed by atoms with Crippen molar-refractivity contribution >= 4 is 34.1 Å². The van der Waals surface area contributed by atoms with Crippen molar-refractivity contribution in [3.8, 4) is 17.6 Å². The summed E-state index contributed by atoms with van der Waals surface area (Å²) < 4.78 is 5.75. The number of nitrogens with one attached hydrogen (secondary N) is 2. The van der Waals surface area contributed by atoms with Crippen molar-refractivity contribution in [1.82, 2.24) is 20.1 Å². The van der Waals surface area contributed by atoms with E-state index in [-0.39, 0.29) is 28.9 Å². The lowest BCUT2D eigenvalue weighted by Gasteiger charge is -2.09. The number of hydrogen-bond donors (Lipinski definition) is 3. The summed E-state index contributed by atoms with van der Waals surface area (Å²) in [6.45, 7) is 1.82. The van der Waals surface area contributed by atoms with Gasteiger partial charge in [0.05, 0.1) is 21.9 Å². The summed E-state index contributed by atoms with van der Waals surface area (Å²) in [4.78, 5) is 42.2. The summed E-state index contributed by atoms with van der Waals surface area (Å²) in [6, 6.07) is 16.8. The van der Waals surface area contributed by atoms with Gasteiger partial charge in [0.1, 0.15) is 11.4 Å². The van der Waals surface area contributed by atoms with Crippen LogP contribution in [-0.2, 0) is 22.5 Å². The van der Waals surface area contributed by atoms with Crippen LogP contribution < -0.4 is 10.6 Å². The number of para-hydroxylation sites is 1. The maximum absolute atomic E-state index is 13.0. The Hall–Kier alpha value is -5.08. The monoisotopic (exact) mass is 554 g/mol. The van der Waals surface area contributed by atoms with E-state index in [1.807, 2.05) is 6.92 Å². The number of nitrogens with zero attached hydrogens (tertiary/aromatic N) is 4. The maximum Gasteiger partial charge on any atom is 0.284 e. The number of phenols is 1. The summed E-state index contributed by atoms with van der Waals surface area (Å²) in [5, 5.41) is 19.8. The predicted molar refractivity (Wildman–Crippen MR) is 152 cm³/mol. The van der Waals surface area contributed by atoms with E-state index in [4.69, 9.17) is 0 Å². The van der Waals surface area contributed by atoms with E-state index in [9.17, 15) is 19.5 Å². The van der Waals surface area contributed by atoms with Crippen molar-refractivity contribution in [1.29, 1.82) is 0 Å². The average Bonchev–Trinajstić information content (AvgIpc) is 3.29. The molecule has 0 saturated heterocycles. The smallest absolute Gasteiger partial charge is 0.284 e. The molecule has 0 aliphatic carbocycles. The molecule has 1 unspecified atom stereocenters. The second-order valence-electron chi connectivity index (χ2n) is 8.59. The number of amides is 3. The second kappa shape index (κ2) is 12.6. The Kier molecular flexibility index (Phi) is 8.83. The van der Waals surface area contributed by atoms with Gasteiger partial charge in [-0.05, 0) is 60.1 Å². The van der Waals surface area contributed by atoms with Gasteiger partial charge >= 0.3 is 0 Å². The van der Waals surface area contributed by atoms with E-state index < -0.39 is 16.6 Å². The molecule has 0 saturated carbocycles. The third-order valence-electron chi connectivity index (χ3n) is 5.55. The fourth-order valence-electron chi connectivity index (χ4n) is 3.63. The van der Waals surface area contributed by atoms with E-state index in [0.717, 1.165) is 5.69 Å². The van der Waals surface area contributed by atoms with Crippen LogP contribution in [0.1, 0.15) is 37.7 Å². The number of carbonyl (C=O) groups is 3. The first kappa shape index (κ1) is 27.9. The molecule has 4 rings (SSSR count). The topological polar surface area (TPSA) is 139 Å². The van der Waals surface area contributed by atoms with Crippen LogP contribution in [0.3, 0.4) is 0 Å². The highest BCUT2D eigenvalue weighted by molar-refractivity contribution is 7.88. The van der Waals surface area contributed by atoms with E-state index in [2.05, 4.69) is 36.9 Å². The Bertz CT molecular complexity index is 1700. The van der Waals surface area contributed by atoms with Gasteiger partial charge in [-0.1, -0.05) is 30.0 Å². The number of carbonyl (C=O) groups excluding carboxylic acids is 3. The standard InChI is InChI=1S/C29H26N6O4S/c1-19-13-24(35(3)33-19)29(39)32-23-8-6-7-20(15-23)11-12-21-14-22(17-31-16-21)28(38)34-40(18-27(37)30-2)26-10-5-4-9-25(26)36/h4-10,13-17,36H,18H2,1-3H3,(H,30,37)(H,32,39). The Morgan fingerprint density at radius 2 is 1.80 bits per heavy atom. The SMILES string of the molecule is CNC(=O)CS(=NC(=O)c1cncc(C#Cc2cccc(NC(=O)c3cc(C)nn3C)c2)c1)c1ccccc1O. The zero-order valence-electron chi connectivity index (χ0n) is 22.0. The Labute approximate surface area is 233 Å². The number of hydrogen-bond acceptors (Lipinski definition) is 6. The molecular formula is C29H26N6O4S. The van der Waals surface area contributed by atoms with Gasteiger partial charge in [0, 0.05) is 43.3 Å². The van der Waals surface area contributed by atoms with Gasteiger partial charge in [0.25, 0.3) is 11.8 Å². The van der Waals surface area contributed by atoms with Gasteiger partial charge in [0.2, 0.25) is 5.91 Å². The van der Waals surface area contributed by atoms with Gasteiger partial charge in [0.15, 0.2) is 0 Å². The number of rotatable bonds is 6. The first-order valence-corrected chi connectivity index (χ1v) is 13.4. The molecule has 202 valence electrons. The number of pyridine rings is 1. The molecule has 3 N–H and O–H groups in total. The number of phenolic OH excluding ortho intramolecular Hbond substituents is 1. The van der Waals surface area contributed by atoms with Crippen LogP contribution >= 0.6 is 0 Å². The van der Waals surface area contributed by atoms with Crippen molar-refractivity contribution in [3.63, 3.8) is 0 Å². The van der Waals surface area contributed by atoms with E-state index in [1.165, 1.54) is 30.2 Å². The molecule has 1 atom stereocenters. The molecule has 0 bridgehead atoms. The Morgan fingerprint density at radius 1 is 1.02 bits per heavy atom. The number of aromatic nitrogens is 3. The van der Waals surface area contributed by atoms with Crippen LogP contribution in [0.15, 0.2) is 82.3 Å². The molecule has 0 aliphatic heterocycles. The number of aryl methyl sites for hydroxylation is 2. The number of anilines is 1. The van der Waals surface area contributed by atoms with Gasteiger partial charge < -0.3 is 15.7 Å². The first-order valence-electron chi connectivity index (χ1n) is 12.1. The average molecular weight is 555 g/mol. The lowest BCUT2D eigenvalue weighted by atomic mass is 10.1. The van der Waals surface area contributed by atoms with Crippen LogP contribution in [0, 0.1) is 18.8 Å².